The van der Waals surface area contributed by atoms with Crippen LogP contribution in [0.25, 0.3) is 0 Å². The Balaban J connectivity index is 0.000000810. The van der Waals surface area contributed by atoms with Crippen LogP contribution in [0.1, 0.15) is 17.3 Å². The highest BCUT2D eigenvalue weighted by molar-refractivity contribution is 14.0. The summed E-state index contributed by atoms with van der Waals surface area (Å²) >= 11 is 0. The second-order valence-electron chi connectivity index (χ2n) is 1.80. The number of carbonyl (C=O) groups is 1. The maximum absolute atomic E-state index is 10.6. The van der Waals surface area contributed by atoms with Crippen LogP contribution in [0.5, 0.6) is 0 Å². The molecule has 0 aliphatic rings. The Hall–Kier alpha value is -0.450. The van der Waals surface area contributed by atoms with Gasteiger partial charge in [-0.25, -0.2) is 0 Å². The van der Waals surface area contributed by atoms with Crippen LogP contribution >= 0.6 is 24.0 Å². The molecule has 2 nitrogen and oxygen atoms in total. The van der Waals surface area contributed by atoms with Gasteiger partial charge in [0.2, 0.25) is 0 Å². The van der Waals surface area contributed by atoms with Gasteiger partial charge >= 0.3 is 0 Å². The first-order chi connectivity index (χ1) is 4.30. The summed E-state index contributed by atoms with van der Waals surface area (Å²) in [6.45, 7) is 1.52. The number of Topliss-reactive ketones (excluding diaryl/α,β-unsaturated/α-hetero) is 1. The van der Waals surface area contributed by atoms with Crippen molar-refractivity contribution in [2.24, 2.45) is 0 Å². The maximum atomic E-state index is 10.6. The van der Waals surface area contributed by atoms with E-state index in [1.807, 2.05) is 0 Å². The summed E-state index contributed by atoms with van der Waals surface area (Å²) in [5.41, 5.74) is 0.664. The van der Waals surface area contributed by atoms with Gasteiger partial charge < -0.3 is 0 Å². The summed E-state index contributed by atoms with van der Waals surface area (Å²) in [6, 6.07) is 3.49. The summed E-state index contributed by atoms with van der Waals surface area (Å²) in [7, 11) is 0. The van der Waals surface area contributed by atoms with Crippen molar-refractivity contribution in [2.45, 2.75) is 6.92 Å². The fraction of sp³-hybridized carbons (Fsp3) is 0.143. The van der Waals surface area contributed by atoms with Crippen LogP contribution in [0.2, 0.25) is 0 Å². The van der Waals surface area contributed by atoms with E-state index in [9.17, 15) is 4.79 Å². The lowest BCUT2D eigenvalue weighted by Gasteiger charge is -1.88. The number of halogens is 1. The van der Waals surface area contributed by atoms with E-state index in [1.54, 1.807) is 24.5 Å². The van der Waals surface area contributed by atoms with Crippen LogP contribution in [-0.2, 0) is 0 Å². The average Bonchev–Trinajstić information content (AvgIpc) is 1.90. The van der Waals surface area contributed by atoms with Gasteiger partial charge in [0.05, 0.1) is 0 Å². The zero-order valence-electron chi connectivity index (χ0n) is 5.57. The quantitative estimate of drug-likeness (QED) is 0.562. The number of aromatic nitrogens is 1. The Morgan fingerprint density at radius 3 is 2.60 bits per heavy atom. The summed E-state index contributed by atoms with van der Waals surface area (Å²) in [4.78, 5) is 14.4. The van der Waals surface area contributed by atoms with Crippen LogP contribution in [0.3, 0.4) is 0 Å². The van der Waals surface area contributed by atoms with Crippen LogP contribution in [0.15, 0.2) is 24.5 Å². The van der Waals surface area contributed by atoms with Gasteiger partial charge in [0, 0.05) is 18.0 Å². The molecular weight excluding hydrogens is 241 g/mol. The van der Waals surface area contributed by atoms with Gasteiger partial charge in [0.25, 0.3) is 0 Å². The highest BCUT2D eigenvalue weighted by Crippen LogP contribution is 1.94. The van der Waals surface area contributed by atoms with E-state index < -0.39 is 0 Å². The Kier molecular flexibility index (Phi) is 4.18. The molecule has 0 saturated carbocycles. The second-order valence-corrected chi connectivity index (χ2v) is 1.80. The molecule has 0 aliphatic heterocycles. The maximum Gasteiger partial charge on any atom is 0.161 e. The molecule has 1 rings (SSSR count). The average molecular weight is 249 g/mol. The minimum Gasteiger partial charge on any atom is -0.294 e. The van der Waals surface area contributed by atoms with E-state index in [0.717, 1.165) is 0 Å². The molecule has 0 atom stereocenters. The van der Waals surface area contributed by atoms with Gasteiger partial charge in [-0.3, -0.25) is 9.78 Å². The summed E-state index contributed by atoms with van der Waals surface area (Å²) in [6.07, 6.45) is 3.20. The van der Waals surface area contributed by atoms with E-state index >= 15 is 0 Å². The smallest absolute Gasteiger partial charge is 0.161 e. The molecule has 0 bridgehead atoms. The normalized spacial score (nSPS) is 8.10. The lowest BCUT2D eigenvalue weighted by Crippen LogP contribution is -1.90. The molecule has 1 aromatic rings. The molecule has 0 spiro atoms. The van der Waals surface area contributed by atoms with Gasteiger partial charge in [0.15, 0.2) is 5.78 Å². The molecule has 0 aliphatic carbocycles. The predicted molar refractivity (Wildman–Crippen MR) is 49.7 cm³/mol. The van der Waals surface area contributed by atoms with Gasteiger partial charge in [-0.2, -0.15) is 0 Å². The fourth-order valence-corrected chi connectivity index (χ4v) is 0.571. The zero-order chi connectivity index (χ0) is 6.69. The van der Waals surface area contributed by atoms with Crippen molar-refractivity contribution in [3.8, 4) is 0 Å². The van der Waals surface area contributed by atoms with Crippen LogP contribution in [-0.4, -0.2) is 10.8 Å². The minimum atomic E-state index is 0. The number of hydrogen-bond donors (Lipinski definition) is 0. The first kappa shape index (κ1) is 9.55. The topological polar surface area (TPSA) is 30.0 Å². The molecular formula is C7H8INO. The summed E-state index contributed by atoms with van der Waals surface area (Å²) < 4.78 is 0. The molecule has 1 heterocycles. The number of carbonyl (C=O) groups excluding carboxylic acids is 1. The van der Waals surface area contributed by atoms with Crippen molar-refractivity contribution in [3.63, 3.8) is 0 Å². The van der Waals surface area contributed by atoms with Gasteiger partial charge in [0.1, 0.15) is 0 Å². The van der Waals surface area contributed by atoms with Crippen molar-refractivity contribution >= 4 is 29.8 Å². The van der Waals surface area contributed by atoms with E-state index in [4.69, 9.17) is 0 Å². The molecule has 0 fully saturated rings. The van der Waals surface area contributed by atoms with E-state index in [0.29, 0.717) is 5.56 Å². The van der Waals surface area contributed by atoms with Gasteiger partial charge in [-0.05, 0) is 19.1 Å². The third-order valence-electron chi connectivity index (χ3n) is 1.07. The summed E-state index contributed by atoms with van der Waals surface area (Å²) in [5, 5.41) is 0. The number of pyridine rings is 1. The highest BCUT2D eigenvalue weighted by Gasteiger charge is 1.93. The molecule has 54 valence electrons. The molecule has 1 aromatic heterocycles. The number of rotatable bonds is 1. The highest BCUT2D eigenvalue weighted by atomic mass is 127. The molecule has 0 aromatic carbocycles. The van der Waals surface area contributed by atoms with E-state index in [1.165, 1.54) is 6.92 Å². The predicted octanol–water partition coefficient (Wildman–Crippen LogP) is 1.90. The Labute approximate surface area is 76.7 Å². The van der Waals surface area contributed by atoms with Crippen LogP contribution in [0, 0.1) is 0 Å². The molecule has 10 heavy (non-hydrogen) atoms. The van der Waals surface area contributed by atoms with E-state index in [-0.39, 0.29) is 29.8 Å². The van der Waals surface area contributed by atoms with Crippen molar-refractivity contribution in [3.05, 3.63) is 30.1 Å². The third-order valence-corrected chi connectivity index (χ3v) is 1.07. The Morgan fingerprint density at radius 1 is 1.60 bits per heavy atom. The first-order valence-corrected chi connectivity index (χ1v) is 2.71. The Morgan fingerprint density at radius 2 is 2.30 bits per heavy atom. The molecule has 0 unspecified atom stereocenters. The number of ketones is 1. The number of hydrogen-bond acceptors (Lipinski definition) is 2. The zero-order valence-corrected chi connectivity index (χ0v) is 7.90. The fourth-order valence-electron chi connectivity index (χ4n) is 0.571. The molecule has 0 amide bonds. The third kappa shape index (κ3) is 2.43. The Bertz CT molecular complexity index is 210. The molecule has 3 heteroatoms. The van der Waals surface area contributed by atoms with Crippen LogP contribution < -0.4 is 0 Å². The SMILES string of the molecule is CC(=O)c1cccnc1.I. The first-order valence-electron chi connectivity index (χ1n) is 2.71. The van der Waals surface area contributed by atoms with Crippen molar-refractivity contribution in [1.82, 2.24) is 4.98 Å². The van der Waals surface area contributed by atoms with E-state index in [2.05, 4.69) is 4.98 Å². The molecule has 0 saturated heterocycles. The lowest BCUT2D eigenvalue weighted by atomic mass is 10.2. The van der Waals surface area contributed by atoms with Crippen LogP contribution in [0.4, 0.5) is 0 Å². The van der Waals surface area contributed by atoms with Gasteiger partial charge in [-0.1, -0.05) is 0 Å². The summed E-state index contributed by atoms with van der Waals surface area (Å²) in [5.74, 6) is 0.0584. The monoisotopic (exact) mass is 249 g/mol. The second kappa shape index (κ2) is 4.38. The largest absolute Gasteiger partial charge is 0.294 e. The van der Waals surface area contributed by atoms with Gasteiger partial charge in [-0.15, -0.1) is 24.0 Å². The standard InChI is InChI=1S/C7H7NO.HI/c1-6(9)7-3-2-4-8-5-7;/h2-5H,1H3;1H. The minimum absolute atomic E-state index is 0. The molecule has 0 radical (unpaired) electrons. The lowest BCUT2D eigenvalue weighted by molar-refractivity contribution is 0.101. The van der Waals surface area contributed by atoms with Crippen molar-refractivity contribution < 1.29 is 4.79 Å². The van der Waals surface area contributed by atoms with Crippen molar-refractivity contribution in [1.29, 1.82) is 0 Å². The molecule has 0 N–H and O–H groups in total. The van der Waals surface area contributed by atoms with Crippen molar-refractivity contribution in [2.75, 3.05) is 0 Å². The number of nitrogens with zero attached hydrogens (tertiary/aromatic N) is 1.